The number of nitrogens with zero attached hydrogens (tertiary/aromatic N) is 1. The van der Waals surface area contributed by atoms with Gasteiger partial charge in [0.2, 0.25) is 11.8 Å². The third-order valence-corrected chi connectivity index (χ3v) is 4.39. The Kier molecular flexibility index (Phi) is 4.73. The quantitative estimate of drug-likeness (QED) is 0.901. The fraction of sp³-hybridized carbons (Fsp3) is 0.529. The molecule has 0 unspecified atom stereocenters. The molecule has 1 aromatic rings. The van der Waals surface area contributed by atoms with Gasteiger partial charge in [0.15, 0.2) is 0 Å². The zero-order chi connectivity index (χ0) is 15.4. The van der Waals surface area contributed by atoms with Crippen LogP contribution in [-0.2, 0) is 14.3 Å². The Bertz CT molecular complexity index is 532. The van der Waals surface area contributed by atoms with Crippen LogP contribution in [0.15, 0.2) is 30.3 Å². The van der Waals surface area contributed by atoms with Crippen molar-refractivity contribution in [3.8, 4) is 0 Å². The average molecular weight is 302 g/mol. The first-order valence-electron chi connectivity index (χ1n) is 7.98. The SMILES string of the molecule is O=C1CCN(C(=O)[C@@H]2CCCO[C@H]2c2ccccc2)CCN1. The van der Waals surface area contributed by atoms with E-state index in [2.05, 4.69) is 5.32 Å². The highest BCUT2D eigenvalue weighted by molar-refractivity contribution is 5.82. The van der Waals surface area contributed by atoms with Crippen molar-refractivity contribution < 1.29 is 14.3 Å². The lowest BCUT2D eigenvalue weighted by molar-refractivity contribution is -0.145. The second-order valence-electron chi connectivity index (χ2n) is 5.88. The van der Waals surface area contributed by atoms with Crippen LogP contribution in [0.4, 0.5) is 0 Å². The molecule has 22 heavy (non-hydrogen) atoms. The molecule has 0 aromatic heterocycles. The van der Waals surface area contributed by atoms with E-state index in [9.17, 15) is 9.59 Å². The van der Waals surface area contributed by atoms with E-state index in [1.807, 2.05) is 35.2 Å². The first-order valence-corrected chi connectivity index (χ1v) is 7.98. The third kappa shape index (κ3) is 3.30. The number of rotatable bonds is 2. The molecule has 2 fully saturated rings. The van der Waals surface area contributed by atoms with Gasteiger partial charge in [-0.25, -0.2) is 0 Å². The minimum atomic E-state index is -0.172. The Balaban J connectivity index is 1.75. The van der Waals surface area contributed by atoms with Gasteiger partial charge >= 0.3 is 0 Å². The van der Waals surface area contributed by atoms with E-state index in [4.69, 9.17) is 4.74 Å². The molecule has 2 amide bonds. The summed E-state index contributed by atoms with van der Waals surface area (Å²) in [5, 5.41) is 2.81. The molecule has 0 bridgehead atoms. The van der Waals surface area contributed by atoms with E-state index in [1.165, 1.54) is 0 Å². The summed E-state index contributed by atoms with van der Waals surface area (Å²) in [6.07, 6.45) is 1.96. The fourth-order valence-corrected chi connectivity index (χ4v) is 3.23. The van der Waals surface area contributed by atoms with Crippen molar-refractivity contribution in [1.82, 2.24) is 10.2 Å². The Labute approximate surface area is 130 Å². The summed E-state index contributed by atoms with van der Waals surface area (Å²) in [4.78, 5) is 26.2. The van der Waals surface area contributed by atoms with E-state index in [-0.39, 0.29) is 23.8 Å². The summed E-state index contributed by atoms with van der Waals surface area (Å²) in [5.41, 5.74) is 1.06. The molecule has 3 rings (SSSR count). The van der Waals surface area contributed by atoms with E-state index in [0.29, 0.717) is 32.7 Å². The highest BCUT2D eigenvalue weighted by Gasteiger charge is 2.36. The van der Waals surface area contributed by atoms with E-state index in [1.54, 1.807) is 0 Å². The number of nitrogens with one attached hydrogen (secondary N) is 1. The van der Waals surface area contributed by atoms with Crippen LogP contribution in [0.5, 0.6) is 0 Å². The molecule has 118 valence electrons. The molecule has 2 aliphatic heterocycles. The third-order valence-electron chi connectivity index (χ3n) is 4.39. The van der Waals surface area contributed by atoms with Crippen LogP contribution >= 0.6 is 0 Å². The topological polar surface area (TPSA) is 58.6 Å². The first kappa shape index (κ1) is 15.0. The molecule has 2 atom stereocenters. The van der Waals surface area contributed by atoms with Gasteiger partial charge in [-0.1, -0.05) is 30.3 Å². The average Bonchev–Trinajstić information content (AvgIpc) is 2.80. The number of hydrogen-bond donors (Lipinski definition) is 1. The van der Waals surface area contributed by atoms with Crippen LogP contribution in [0.25, 0.3) is 0 Å². The maximum Gasteiger partial charge on any atom is 0.228 e. The van der Waals surface area contributed by atoms with Crippen molar-refractivity contribution in [2.24, 2.45) is 5.92 Å². The van der Waals surface area contributed by atoms with Crippen molar-refractivity contribution >= 4 is 11.8 Å². The van der Waals surface area contributed by atoms with Gasteiger partial charge in [0.1, 0.15) is 0 Å². The minimum absolute atomic E-state index is 0.0230. The van der Waals surface area contributed by atoms with Gasteiger partial charge in [0.05, 0.1) is 12.0 Å². The van der Waals surface area contributed by atoms with Gasteiger partial charge in [0.25, 0.3) is 0 Å². The highest BCUT2D eigenvalue weighted by Crippen LogP contribution is 2.34. The lowest BCUT2D eigenvalue weighted by Crippen LogP contribution is -2.42. The number of benzene rings is 1. The largest absolute Gasteiger partial charge is 0.373 e. The van der Waals surface area contributed by atoms with Gasteiger partial charge in [0, 0.05) is 32.7 Å². The van der Waals surface area contributed by atoms with E-state index >= 15 is 0 Å². The standard InChI is InChI=1S/C17H22N2O3/c20-15-8-10-19(11-9-18-15)17(21)14-7-4-12-22-16(14)13-5-2-1-3-6-13/h1-3,5-6,14,16H,4,7-12H2,(H,18,20)/t14-,16+/m1/s1. The van der Waals surface area contributed by atoms with Crippen molar-refractivity contribution in [3.05, 3.63) is 35.9 Å². The van der Waals surface area contributed by atoms with Gasteiger partial charge in [-0.15, -0.1) is 0 Å². The number of hydrogen-bond acceptors (Lipinski definition) is 3. The van der Waals surface area contributed by atoms with Crippen molar-refractivity contribution in [2.75, 3.05) is 26.2 Å². The Morgan fingerprint density at radius 3 is 2.86 bits per heavy atom. The maximum atomic E-state index is 12.9. The first-order chi connectivity index (χ1) is 10.8. The summed E-state index contributed by atoms with van der Waals surface area (Å²) in [5.74, 6) is -0.00999. The molecule has 0 saturated carbocycles. The molecule has 5 heteroatoms. The van der Waals surface area contributed by atoms with Crippen molar-refractivity contribution in [1.29, 1.82) is 0 Å². The smallest absolute Gasteiger partial charge is 0.228 e. The number of amides is 2. The molecular formula is C17H22N2O3. The Hall–Kier alpha value is -1.88. The van der Waals surface area contributed by atoms with Crippen LogP contribution in [0.1, 0.15) is 30.9 Å². The van der Waals surface area contributed by atoms with E-state index < -0.39 is 0 Å². The lowest BCUT2D eigenvalue weighted by atomic mass is 9.88. The fourth-order valence-electron chi connectivity index (χ4n) is 3.23. The predicted molar refractivity (Wildman–Crippen MR) is 82.1 cm³/mol. The molecule has 0 aliphatic carbocycles. The number of carbonyl (C=O) groups excluding carboxylic acids is 2. The molecular weight excluding hydrogens is 280 g/mol. The molecule has 1 N–H and O–H groups in total. The summed E-state index contributed by atoms with van der Waals surface area (Å²) < 4.78 is 5.91. The number of carbonyl (C=O) groups is 2. The highest BCUT2D eigenvalue weighted by atomic mass is 16.5. The van der Waals surface area contributed by atoms with Crippen LogP contribution in [-0.4, -0.2) is 43.0 Å². The van der Waals surface area contributed by atoms with Gasteiger partial charge in [-0.05, 0) is 18.4 Å². The summed E-state index contributed by atoms with van der Waals surface area (Å²) >= 11 is 0. The van der Waals surface area contributed by atoms with Gasteiger partial charge in [-0.3, -0.25) is 9.59 Å². The molecule has 2 heterocycles. The van der Waals surface area contributed by atoms with Crippen LogP contribution < -0.4 is 5.32 Å². The van der Waals surface area contributed by atoms with Crippen LogP contribution in [0.2, 0.25) is 0 Å². The molecule has 2 saturated heterocycles. The van der Waals surface area contributed by atoms with Crippen molar-refractivity contribution in [2.45, 2.75) is 25.4 Å². The zero-order valence-corrected chi connectivity index (χ0v) is 12.7. The molecule has 1 aromatic carbocycles. The van der Waals surface area contributed by atoms with Crippen LogP contribution in [0, 0.1) is 5.92 Å². The lowest BCUT2D eigenvalue weighted by Gasteiger charge is -2.34. The minimum Gasteiger partial charge on any atom is -0.373 e. The van der Waals surface area contributed by atoms with Crippen LogP contribution in [0.3, 0.4) is 0 Å². The summed E-state index contributed by atoms with van der Waals surface area (Å²) in [6.45, 7) is 2.32. The molecule has 0 spiro atoms. The monoisotopic (exact) mass is 302 g/mol. The molecule has 5 nitrogen and oxygen atoms in total. The maximum absolute atomic E-state index is 12.9. The zero-order valence-electron chi connectivity index (χ0n) is 12.7. The summed E-state index contributed by atoms with van der Waals surface area (Å²) in [7, 11) is 0. The predicted octanol–water partition coefficient (Wildman–Crippen LogP) is 1.50. The van der Waals surface area contributed by atoms with Crippen molar-refractivity contribution in [3.63, 3.8) is 0 Å². The molecule has 2 aliphatic rings. The molecule has 0 radical (unpaired) electrons. The van der Waals surface area contributed by atoms with Gasteiger partial charge in [-0.2, -0.15) is 0 Å². The normalized spacial score (nSPS) is 26.2. The van der Waals surface area contributed by atoms with E-state index in [0.717, 1.165) is 18.4 Å². The van der Waals surface area contributed by atoms with Gasteiger partial charge < -0.3 is 15.0 Å². The summed E-state index contributed by atoms with van der Waals surface area (Å²) in [6, 6.07) is 9.95. The second kappa shape index (κ2) is 6.92. The number of ether oxygens (including phenoxy) is 1. The Morgan fingerprint density at radius 2 is 2.05 bits per heavy atom. The second-order valence-corrected chi connectivity index (χ2v) is 5.88. The Morgan fingerprint density at radius 1 is 1.23 bits per heavy atom.